The fourth-order valence-corrected chi connectivity index (χ4v) is 4.76. The second-order valence-electron chi connectivity index (χ2n) is 9.66. The fourth-order valence-electron chi connectivity index (χ4n) is 4.76. The molecule has 1 aliphatic rings. The number of hydrogen-bond acceptors (Lipinski definition) is 3. The number of hydrogen-bond donors (Lipinski definition) is 2. The first-order valence-corrected chi connectivity index (χ1v) is 10.9. The smallest absolute Gasteiger partial charge is 0.336 e. The molecular formula is C26H33NO4. The van der Waals surface area contributed by atoms with E-state index in [1.165, 1.54) is 0 Å². The Hall–Kier alpha value is -2.66. The summed E-state index contributed by atoms with van der Waals surface area (Å²) in [4.78, 5) is 27.0. The van der Waals surface area contributed by atoms with Gasteiger partial charge in [-0.05, 0) is 49.8 Å². The Bertz CT molecular complexity index is 957. The minimum absolute atomic E-state index is 0.00441. The lowest BCUT2D eigenvalue weighted by Crippen LogP contribution is -2.51. The zero-order valence-corrected chi connectivity index (χ0v) is 18.9. The average Bonchev–Trinajstić information content (AvgIpc) is 2.67. The number of carboxylic acid groups (broad SMARTS) is 1. The average molecular weight is 424 g/mol. The topological polar surface area (TPSA) is 77.8 Å². The van der Waals surface area contributed by atoms with Gasteiger partial charge >= 0.3 is 5.97 Å². The van der Waals surface area contributed by atoms with Crippen molar-refractivity contribution in [2.75, 3.05) is 13.1 Å². The maximum atomic E-state index is 13.3. The first-order chi connectivity index (χ1) is 14.5. The fraction of sp³-hybridized carbons (Fsp3) is 0.462. The van der Waals surface area contributed by atoms with E-state index in [-0.39, 0.29) is 5.91 Å². The number of piperidine rings is 1. The number of aryl methyl sites for hydroxylation is 2. The molecule has 0 unspecified atom stereocenters. The van der Waals surface area contributed by atoms with Gasteiger partial charge in [-0.1, -0.05) is 61.9 Å². The minimum atomic E-state index is -0.959. The Morgan fingerprint density at radius 2 is 1.68 bits per heavy atom. The van der Waals surface area contributed by atoms with Gasteiger partial charge in [0.1, 0.15) is 0 Å². The van der Waals surface area contributed by atoms with E-state index in [0.29, 0.717) is 49.9 Å². The summed E-state index contributed by atoms with van der Waals surface area (Å²) >= 11 is 0. The number of carbonyl (C=O) groups excluding carboxylic acids is 1. The number of carbonyl (C=O) groups is 2. The molecule has 2 aromatic rings. The second-order valence-corrected chi connectivity index (χ2v) is 9.66. The van der Waals surface area contributed by atoms with Crippen molar-refractivity contribution in [3.8, 4) is 0 Å². The van der Waals surface area contributed by atoms with Gasteiger partial charge in [0, 0.05) is 24.9 Å². The van der Waals surface area contributed by atoms with E-state index in [2.05, 4.69) is 0 Å². The van der Waals surface area contributed by atoms with Crippen LogP contribution in [0.4, 0.5) is 0 Å². The molecule has 0 spiro atoms. The van der Waals surface area contributed by atoms with Gasteiger partial charge in [-0.25, -0.2) is 4.79 Å². The van der Waals surface area contributed by atoms with Crippen molar-refractivity contribution in [2.24, 2.45) is 5.41 Å². The molecule has 0 bridgehead atoms. The molecule has 3 rings (SSSR count). The van der Waals surface area contributed by atoms with Crippen molar-refractivity contribution in [3.63, 3.8) is 0 Å². The molecule has 2 aromatic carbocycles. The summed E-state index contributed by atoms with van der Waals surface area (Å²) in [5, 5.41) is 20.7. The zero-order chi connectivity index (χ0) is 22.8. The molecule has 1 saturated heterocycles. The maximum absolute atomic E-state index is 13.3. The van der Waals surface area contributed by atoms with Crippen molar-refractivity contribution in [3.05, 3.63) is 70.3 Å². The van der Waals surface area contributed by atoms with Crippen LogP contribution in [0.15, 0.2) is 42.5 Å². The molecule has 1 amide bonds. The van der Waals surface area contributed by atoms with Crippen molar-refractivity contribution < 1.29 is 19.8 Å². The highest BCUT2D eigenvalue weighted by atomic mass is 16.4. The van der Waals surface area contributed by atoms with E-state index in [9.17, 15) is 19.8 Å². The monoisotopic (exact) mass is 423 g/mol. The van der Waals surface area contributed by atoms with Crippen molar-refractivity contribution in [1.29, 1.82) is 0 Å². The first-order valence-electron chi connectivity index (χ1n) is 10.9. The quantitative estimate of drug-likeness (QED) is 0.731. The van der Waals surface area contributed by atoms with Crippen LogP contribution in [-0.4, -0.2) is 45.7 Å². The van der Waals surface area contributed by atoms with E-state index < -0.39 is 17.0 Å². The number of aliphatic hydroxyl groups is 1. The van der Waals surface area contributed by atoms with E-state index in [4.69, 9.17) is 0 Å². The highest BCUT2D eigenvalue weighted by molar-refractivity contribution is 5.92. The maximum Gasteiger partial charge on any atom is 0.336 e. The molecule has 0 radical (unpaired) electrons. The molecule has 0 atom stereocenters. The molecule has 0 aliphatic carbocycles. The van der Waals surface area contributed by atoms with Crippen LogP contribution in [0.1, 0.15) is 59.3 Å². The van der Waals surface area contributed by atoms with E-state index in [1.807, 2.05) is 68.1 Å². The Labute approximate surface area is 184 Å². The van der Waals surface area contributed by atoms with Crippen LogP contribution in [0.3, 0.4) is 0 Å². The summed E-state index contributed by atoms with van der Waals surface area (Å²) in [6.45, 7) is 8.50. The number of nitrogens with zero attached hydrogens (tertiary/aromatic N) is 1. The Morgan fingerprint density at radius 1 is 1.06 bits per heavy atom. The van der Waals surface area contributed by atoms with E-state index >= 15 is 0 Å². The molecule has 2 N–H and O–H groups in total. The summed E-state index contributed by atoms with van der Waals surface area (Å²) < 4.78 is 0. The van der Waals surface area contributed by atoms with Crippen LogP contribution in [0.5, 0.6) is 0 Å². The van der Waals surface area contributed by atoms with Gasteiger partial charge in [0.05, 0.1) is 11.2 Å². The first kappa shape index (κ1) is 23.0. The van der Waals surface area contributed by atoms with Gasteiger partial charge < -0.3 is 15.1 Å². The highest BCUT2D eigenvalue weighted by Gasteiger charge is 2.39. The van der Waals surface area contributed by atoms with Crippen molar-refractivity contribution >= 4 is 11.9 Å². The summed E-state index contributed by atoms with van der Waals surface area (Å²) in [7, 11) is 0. The van der Waals surface area contributed by atoms with Crippen molar-refractivity contribution in [2.45, 2.75) is 59.0 Å². The van der Waals surface area contributed by atoms with Gasteiger partial charge in [0.25, 0.3) is 0 Å². The Morgan fingerprint density at radius 3 is 2.26 bits per heavy atom. The lowest BCUT2D eigenvalue weighted by molar-refractivity contribution is -0.144. The SMILES string of the molecule is Cc1cc(C)c(C(=O)O)c(CC(C)(C)C(=O)N2CCC(O)(Cc3ccccc3)CC2)c1. The molecule has 5 heteroatoms. The van der Waals surface area contributed by atoms with Gasteiger partial charge in [0.2, 0.25) is 5.91 Å². The number of aromatic carboxylic acids is 1. The summed E-state index contributed by atoms with van der Waals surface area (Å²) in [5.74, 6) is -0.954. The third-order valence-corrected chi connectivity index (χ3v) is 6.34. The highest BCUT2D eigenvalue weighted by Crippen LogP contribution is 2.32. The molecule has 1 fully saturated rings. The molecule has 0 saturated carbocycles. The van der Waals surface area contributed by atoms with Gasteiger partial charge in [-0.2, -0.15) is 0 Å². The third-order valence-electron chi connectivity index (χ3n) is 6.34. The zero-order valence-electron chi connectivity index (χ0n) is 18.9. The van der Waals surface area contributed by atoms with E-state index in [0.717, 1.165) is 16.7 Å². The molecule has 1 aliphatic heterocycles. The van der Waals surface area contributed by atoms with Gasteiger partial charge in [-0.15, -0.1) is 0 Å². The van der Waals surface area contributed by atoms with Crippen LogP contribution in [0, 0.1) is 19.3 Å². The molecule has 0 aromatic heterocycles. The lowest BCUT2D eigenvalue weighted by Gasteiger charge is -2.41. The van der Waals surface area contributed by atoms with Crippen molar-refractivity contribution in [1.82, 2.24) is 4.90 Å². The number of benzene rings is 2. The Kier molecular flexibility index (Phi) is 6.56. The van der Waals surface area contributed by atoms with Crippen LogP contribution < -0.4 is 0 Å². The predicted molar refractivity (Wildman–Crippen MR) is 121 cm³/mol. The molecule has 31 heavy (non-hydrogen) atoms. The number of likely N-dealkylation sites (tertiary alicyclic amines) is 1. The van der Waals surface area contributed by atoms with Crippen LogP contribution >= 0.6 is 0 Å². The molecular weight excluding hydrogens is 390 g/mol. The minimum Gasteiger partial charge on any atom is -0.478 e. The molecule has 166 valence electrons. The van der Waals surface area contributed by atoms with Crippen LogP contribution in [0.2, 0.25) is 0 Å². The Balaban J connectivity index is 1.70. The lowest BCUT2D eigenvalue weighted by atomic mass is 9.80. The van der Waals surface area contributed by atoms with Gasteiger partial charge in [-0.3, -0.25) is 4.79 Å². The van der Waals surface area contributed by atoms with Crippen LogP contribution in [0.25, 0.3) is 0 Å². The normalized spacial score (nSPS) is 16.2. The molecule has 1 heterocycles. The predicted octanol–water partition coefficient (Wildman–Crippen LogP) is 4.17. The molecule has 5 nitrogen and oxygen atoms in total. The second kappa shape index (κ2) is 8.83. The standard InChI is InChI=1S/C26H33NO4/c1-18-14-19(2)22(23(28)29)21(15-18)17-25(3,4)24(30)27-12-10-26(31,11-13-27)16-20-8-6-5-7-9-20/h5-9,14-15,31H,10-13,16-17H2,1-4H3,(H,28,29). The number of rotatable bonds is 6. The summed E-state index contributed by atoms with van der Waals surface area (Å²) in [5.41, 5.74) is 2.26. The number of carboxylic acids is 1. The van der Waals surface area contributed by atoms with Crippen LogP contribution in [-0.2, 0) is 17.6 Å². The third kappa shape index (κ3) is 5.34. The van der Waals surface area contributed by atoms with Gasteiger partial charge in [0.15, 0.2) is 0 Å². The van der Waals surface area contributed by atoms with E-state index in [1.54, 1.807) is 6.92 Å². The summed E-state index contributed by atoms with van der Waals surface area (Å²) in [6.07, 6.45) is 2.02. The largest absolute Gasteiger partial charge is 0.478 e. The number of amides is 1. The summed E-state index contributed by atoms with van der Waals surface area (Å²) in [6, 6.07) is 13.7.